The number of anilines is 1. The Morgan fingerprint density at radius 2 is 1.82 bits per heavy atom. The molecule has 3 amide bonds. The second-order valence-electron chi connectivity index (χ2n) is 8.41. The number of fused-ring (bicyclic) bond motifs is 1. The summed E-state index contributed by atoms with van der Waals surface area (Å²) in [5, 5.41) is 13.2. The molecule has 8 nitrogen and oxygen atoms in total. The highest BCUT2D eigenvalue weighted by Crippen LogP contribution is 2.26. The van der Waals surface area contributed by atoms with Crippen LogP contribution in [0.3, 0.4) is 0 Å². The first-order chi connectivity index (χ1) is 16.3. The number of nitrogens with one attached hydrogen (secondary N) is 1. The fourth-order valence-electron chi connectivity index (χ4n) is 4.35. The molecule has 0 radical (unpaired) electrons. The number of para-hydroxylation sites is 1. The molecule has 180 valence electrons. The number of urea groups is 1. The first kappa shape index (κ1) is 24.2. The van der Waals surface area contributed by atoms with Gasteiger partial charge in [-0.15, -0.1) is 0 Å². The van der Waals surface area contributed by atoms with Gasteiger partial charge >= 0.3 is 18.1 Å². The van der Waals surface area contributed by atoms with E-state index in [-0.39, 0.29) is 18.5 Å². The van der Waals surface area contributed by atoms with Gasteiger partial charge in [-0.1, -0.05) is 47.5 Å². The fourth-order valence-corrected chi connectivity index (χ4v) is 4.68. The van der Waals surface area contributed by atoms with Crippen molar-refractivity contribution in [1.29, 1.82) is 0 Å². The zero-order valence-corrected chi connectivity index (χ0v) is 19.9. The van der Waals surface area contributed by atoms with Gasteiger partial charge in [0.1, 0.15) is 0 Å². The third-order valence-electron chi connectivity index (χ3n) is 6.23. The summed E-state index contributed by atoms with van der Waals surface area (Å²) in [6, 6.07) is 12.4. The second-order valence-corrected chi connectivity index (χ2v) is 9.23. The minimum atomic E-state index is -1.35. The van der Waals surface area contributed by atoms with Crippen LogP contribution in [-0.4, -0.2) is 64.8 Å². The number of nitrogens with zero attached hydrogens (tertiary/aromatic N) is 2. The number of aliphatic carboxylic acids is 1. The molecular formula is C24H25Cl2N3O5. The predicted molar refractivity (Wildman–Crippen MR) is 129 cm³/mol. The fraction of sp³-hybridized carbons (Fsp3) is 0.375. The van der Waals surface area contributed by atoms with Crippen molar-refractivity contribution in [3.63, 3.8) is 0 Å². The Labute approximate surface area is 207 Å². The van der Waals surface area contributed by atoms with Crippen LogP contribution < -0.4 is 5.32 Å². The molecule has 1 atom stereocenters. The molecule has 2 aliphatic heterocycles. The van der Waals surface area contributed by atoms with Crippen molar-refractivity contribution in [3.05, 3.63) is 63.6 Å². The van der Waals surface area contributed by atoms with Crippen LogP contribution in [0.15, 0.2) is 42.5 Å². The van der Waals surface area contributed by atoms with Crippen LogP contribution in [0, 0.1) is 0 Å². The maximum atomic E-state index is 12.8. The van der Waals surface area contributed by atoms with Gasteiger partial charge in [0.25, 0.3) is 0 Å². The summed E-state index contributed by atoms with van der Waals surface area (Å²) in [6.45, 7) is 1.35. The van der Waals surface area contributed by atoms with Crippen molar-refractivity contribution in [2.75, 3.05) is 25.0 Å². The number of benzene rings is 2. The van der Waals surface area contributed by atoms with Crippen LogP contribution in [0.5, 0.6) is 0 Å². The minimum absolute atomic E-state index is 0.00941. The van der Waals surface area contributed by atoms with E-state index in [2.05, 4.69) is 5.32 Å². The molecule has 2 aliphatic rings. The minimum Gasteiger partial charge on any atom is -0.478 e. The van der Waals surface area contributed by atoms with Crippen LogP contribution >= 0.6 is 23.2 Å². The van der Waals surface area contributed by atoms with Gasteiger partial charge in [-0.2, -0.15) is 0 Å². The lowest BCUT2D eigenvalue weighted by Gasteiger charge is -2.37. The number of halogens is 2. The summed E-state index contributed by atoms with van der Waals surface area (Å²) < 4.78 is 5.31. The molecular weight excluding hydrogens is 481 g/mol. The van der Waals surface area contributed by atoms with Gasteiger partial charge in [0, 0.05) is 37.8 Å². The van der Waals surface area contributed by atoms with Crippen molar-refractivity contribution in [2.24, 2.45) is 0 Å². The third kappa shape index (κ3) is 5.56. The molecule has 1 fully saturated rings. The zero-order valence-electron chi connectivity index (χ0n) is 18.4. The van der Waals surface area contributed by atoms with Gasteiger partial charge in [-0.25, -0.2) is 14.4 Å². The Kier molecular flexibility index (Phi) is 7.48. The summed E-state index contributed by atoms with van der Waals surface area (Å²) in [4.78, 5) is 40.4. The predicted octanol–water partition coefficient (Wildman–Crippen LogP) is 4.68. The molecule has 0 bridgehead atoms. The zero-order chi connectivity index (χ0) is 24.2. The number of ether oxygens (including phenoxy) is 1. The van der Waals surface area contributed by atoms with E-state index < -0.39 is 18.2 Å². The summed E-state index contributed by atoms with van der Waals surface area (Å²) in [5.74, 6) is -1.24. The molecule has 1 unspecified atom stereocenters. The number of carbonyl (C=O) groups excluding carboxylic acids is 2. The van der Waals surface area contributed by atoms with Crippen LogP contribution in [0.2, 0.25) is 10.0 Å². The van der Waals surface area contributed by atoms with E-state index >= 15 is 0 Å². The Bertz CT molecular complexity index is 1090. The highest BCUT2D eigenvalue weighted by molar-refractivity contribution is 6.42. The number of carboxylic acid groups (broad SMARTS) is 1. The van der Waals surface area contributed by atoms with Crippen LogP contribution in [0.1, 0.15) is 24.0 Å². The van der Waals surface area contributed by atoms with Crippen LogP contribution in [0.25, 0.3) is 0 Å². The number of hydrogen-bond acceptors (Lipinski definition) is 4. The standard InChI is InChI=1S/C24H25Cl2N3O5/c25-18-6-5-15(13-19(18)26)14-21(22(30)31)34-24(33)28-10-8-17(9-11-28)29-12-7-16-3-1-2-4-20(16)27-23(29)32/h1-6,13,17,21H,7-12,14H2,(H,27,32)(H,30,31). The molecule has 1 saturated heterocycles. The molecule has 2 aromatic carbocycles. The molecule has 2 N–H and O–H groups in total. The SMILES string of the molecule is O=C(O)C(Cc1ccc(Cl)c(Cl)c1)OC(=O)N1CCC(N2CCc3ccccc3NC2=O)CC1. The van der Waals surface area contributed by atoms with Gasteiger partial charge in [0.05, 0.1) is 10.0 Å². The quantitative estimate of drug-likeness (QED) is 0.614. The molecule has 2 heterocycles. The molecule has 0 aliphatic carbocycles. The van der Waals surface area contributed by atoms with E-state index in [0.717, 1.165) is 17.7 Å². The number of carboxylic acids is 1. The first-order valence-corrected chi connectivity index (χ1v) is 11.8. The molecule has 4 rings (SSSR count). The molecule has 10 heteroatoms. The highest BCUT2D eigenvalue weighted by Gasteiger charge is 2.33. The number of rotatable bonds is 5. The Hall–Kier alpha value is -2.97. The van der Waals surface area contributed by atoms with Gasteiger partial charge in [0.2, 0.25) is 6.10 Å². The first-order valence-electron chi connectivity index (χ1n) is 11.1. The van der Waals surface area contributed by atoms with Crippen molar-refractivity contribution < 1.29 is 24.2 Å². The van der Waals surface area contributed by atoms with E-state index in [1.165, 1.54) is 4.90 Å². The molecule has 0 saturated carbocycles. The Morgan fingerprint density at radius 1 is 1.09 bits per heavy atom. The monoisotopic (exact) mass is 505 g/mol. The number of piperidine rings is 1. The third-order valence-corrected chi connectivity index (χ3v) is 6.97. The van der Waals surface area contributed by atoms with Crippen LogP contribution in [0.4, 0.5) is 15.3 Å². The van der Waals surface area contributed by atoms with E-state index in [4.69, 9.17) is 27.9 Å². The van der Waals surface area contributed by atoms with Crippen molar-refractivity contribution in [3.8, 4) is 0 Å². The van der Waals surface area contributed by atoms with Crippen molar-refractivity contribution in [1.82, 2.24) is 9.80 Å². The smallest absolute Gasteiger partial charge is 0.410 e. The van der Waals surface area contributed by atoms with Crippen LogP contribution in [-0.2, 0) is 22.4 Å². The summed E-state index contributed by atoms with van der Waals surface area (Å²) >= 11 is 11.9. The Balaban J connectivity index is 1.32. The normalized spacial score (nSPS) is 17.4. The summed E-state index contributed by atoms with van der Waals surface area (Å²) in [6.07, 6.45) is -0.127. The topological polar surface area (TPSA) is 99.2 Å². The van der Waals surface area contributed by atoms with E-state index in [9.17, 15) is 19.5 Å². The molecule has 34 heavy (non-hydrogen) atoms. The maximum absolute atomic E-state index is 12.8. The second kappa shape index (κ2) is 10.5. The number of likely N-dealkylation sites (tertiary alicyclic amines) is 1. The highest BCUT2D eigenvalue weighted by atomic mass is 35.5. The lowest BCUT2D eigenvalue weighted by Crippen LogP contribution is -2.50. The number of amides is 3. The molecule has 0 aromatic heterocycles. The average Bonchev–Trinajstić information content (AvgIpc) is 2.99. The largest absolute Gasteiger partial charge is 0.478 e. The average molecular weight is 506 g/mol. The number of carbonyl (C=O) groups is 3. The van der Waals surface area contributed by atoms with Gasteiger partial charge in [0.15, 0.2) is 0 Å². The number of hydrogen-bond donors (Lipinski definition) is 2. The lowest BCUT2D eigenvalue weighted by atomic mass is 10.0. The van der Waals surface area contributed by atoms with Crippen molar-refractivity contribution >= 4 is 47.0 Å². The van der Waals surface area contributed by atoms with E-state index in [1.54, 1.807) is 18.2 Å². The summed E-state index contributed by atoms with van der Waals surface area (Å²) in [7, 11) is 0. The summed E-state index contributed by atoms with van der Waals surface area (Å²) in [5.41, 5.74) is 2.53. The van der Waals surface area contributed by atoms with Gasteiger partial charge in [-0.05, 0) is 48.6 Å². The maximum Gasteiger partial charge on any atom is 0.410 e. The van der Waals surface area contributed by atoms with Gasteiger partial charge in [-0.3, -0.25) is 0 Å². The van der Waals surface area contributed by atoms with Gasteiger partial charge < -0.3 is 25.0 Å². The molecule has 0 spiro atoms. The van der Waals surface area contributed by atoms with E-state index in [1.807, 2.05) is 29.2 Å². The molecule has 2 aromatic rings. The van der Waals surface area contributed by atoms with Crippen molar-refractivity contribution in [2.45, 2.75) is 37.8 Å². The Morgan fingerprint density at radius 3 is 2.53 bits per heavy atom. The van der Waals surface area contributed by atoms with E-state index in [0.29, 0.717) is 48.1 Å². The lowest BCUT2D eigenvalue weighted by molar-refractivity contribution is -0.147.